The van der Waals surface area contributed by atoms with E-state index in [1.807, 2.05) is 47.4 Å². The summed E-state index contributed by atoms with van der Waals surface area (Å²) in [5.41, 5.74) is 3.54. The molecule has 0 unspecified atom stereocenters. The molecule has 2 aromatic carbocycles. The van der Waals surface area contributed by atoms with Gasteiger partial charge >= 0.3 is 0 Å². The zero-order valence-electron chi connectivity index (χ0n) is 15.8. The van der Waals surface area contributed by atoms with Crippen molar-refractivity contribution in [3.05, 3.63) is 59.9 Å². The van der Waals surface area contributed by atoms with Crippen molar-refractivity contribution in [2.45, 2.75) is 25.2 Å². The van der Waals surface area contributed by atoms with Gasteiger partial charge in [-0.1, -0.05) is 17.3 Å². The summed E-state index contributed by atoms with van der Waals surface area (Å²) in [6.07, 6.45) is 3.21. The molecule has 1 aliphatic heterocycles. The van der Waals surface area contributed by atoms with Gasteiger partial charge in [0, 0.05) is 37.2 Å². The maximum atomic E-state index is 13.2. The molecule has 0 bridgehead atoms. The SMILES string of the molecule is CN1CCCN(C(=O)c2ccc(-c3nc(C4CC4)no3)cc2)c2ccccc21. The molecule has 0 spiro atoms. The molecule has 0 saturated heterocycles. The van der Waals surface area contributed by atoms with Crippen LogP contribution in [0.5, 0.6) is 0 Å². The molecule has 1 aromatic heterocycles. The van der Waals surface area contributed by atoms with E-state index in [0.29, 0.717) is 23.9 Å². The molecule has 1 fully saturated rings. The van der Waals surface area contributed by atoms with Crippen LogP contribution < -0.4 is 9.80 Å². The quantitative estimate of drug-likeness (QED) is 0.691. The van der Waals surface area contributed by atoms with Crippen LogP contribution in [0.4, 0.5) is 11.4 Å². The number of aromatic nitrogens is 2. The van der Waals surface area contributed by atoms with E-state index in [1.54, 1.807) is 0 Å². The fraction of sp³-hybridized carbons (Fsp3) is 0.318. The van der Waals surface area contributed by atoms with Gasteiger partial charge in [0.1, 0.15) is 0 Å². The third kappa shape index (κ3) is 3.05. The number of carbonyl (C=O) groups excluding carboxylic acids is 1. The van der Waals surface area contributed by atoms with Crippen LogP contribution in [0.25, 0.3) is 11.5 Å². The van der Waals surface area contributed by atoms with Crippen LogP contribution in [0, 0.1) is 0 Å². The number of para-hydroxylation sites is 2. The molecule has 0 N–H and O–H groups in total. The minimum Gasteiger partial charge on any atom is -0.373 e. The molecule has 2 aliphatic rings. The Bertz CT molecular complexity index is 1010. The highest BCUT2D eigenvalue weighted by atomic mass is 16.5. The van der Waals surface area contributed by atoms with Crippen molar-refractivity contribution >= 4 is 17.3 Å². The third-order valence-corrected chi connectivity index (χ3v) is 5.47. The Kier molecular flexibility index (Phi) is 4.11. The standard InChI is InChI=1S/C22H22N4O2/c1-25-13-4-14-26(19-6-3-2-5-18(19)25)22(27)17-11-9-16(10-12-17)21-23-20(24-28-21)15-7-8-15/h2-3,5-6,9-12,15H,4,7-8,13-14H2,1H3. The monoisotopic (exact) mass is 374 g/mol. The zero-order valence-corrected chi connectivity index (χ0v) is 15.8. The number of rotatable bonds is 3. The van der Waals surface area contributed by atoms with Gasteiger partial charge in [0.15, 0.2) is 5.82 Å². The second-order valence-electron chi connectivity index (χ2n) is 7.53. The average molecular weight is 374 g/mol. The van der Waals surface area contributed by atoms with Crippen LogP contribution >= 0.6 is 0 Å². The summed E-state index contributed by atoms with van der Waals surface area (Å²) in [5, 5.41) is 4.06. The highest BCUT2D eigenvalue weighted by Gasteiger charge is 2.29. The number of anilines is 2. The molecule has 6 nitrogen and oxygen atoms in total. The number of nitrogens with zero attached hydrogens (tertiary/aromatic N) is 4. The first-order valence-electron chi connectivity index (χ1n) is 9.77. The first-order chi connectivity index (χ1) is 13.7. The molecular formula is C22H22N4O2. The summed E-state index contributed by atoms with van der Waals surface area (Å²) in [4.78, 5) is 21.8. The van der Waals surface area contributed by atoms with Crippen molar-refractivity contribution in [2.24, 2.45) is 0 Å². The van der Waals surface area contributed by atoms with E-state index in [4.69, 9.17) is 4.52 Å². The molecule has 1 saturated carbocycles. The Hall–Kier alpha value is -3.15. The fourth-order valence-corrected chi connectivity index (χ4v) is 3.70. The zero-order chi connectivity index (χ0) is 19.1. The van der Waals surface area contributed by atoms with Crippen LogP contribution in [-0.2, 0) is 0 Å². The van der Waals surface area contributed by atoms with Crippen LogP contribution in [0.15, 0.2) is 53.1 Å². The number of amides is 1. The van der Waals surface area contributed by atoms with Crippen molar-refractivity contribution < 1.29 is 9.32 Å². The van der Waals surface area contributed by atoms with Gasteiger partial charge in [0.25, 0.3) is 11.8 Å². The normalized spacial score (nSPS) is 16.6. The Morgan fingerprint density at radius 3 is 2.54 bits per heavy atom. The Balaban J connectivity index is 1.41. The minimum absolute atomic E-state index is 0.0125. The van der Waals surface area contributed by atoms with Crippen molar-refractivity contribution in [1.29, 1.82) is 0 Å². The number of fused-ring (bicyclic) bond motifs is 1. The number of hydrogen-bond acceptors (Lipinski definition) is 5. The maximum absolute atomic E-state index is 13.2. The lowest BCUT2D eigenvalue weighted by Gasteiger charge is -2.24. The van der Waals surface area contributed by atoms with Crippen LogP contribution in [0.2, 0.25) is 0 Å². The summed E-state index contributed by atoms with van der Waals surface area (Å²) in [5.74, 6) is 1.78. The molecule has 1 amide bonds. The summed E-state index contributed by atoms with van der Waals surface area (Å²) < 4.78 is 5.38. The van der Waals surface area contributed by atoms with E-state index in [-0.39, 0.29) is 5.91 Å². The molecule has 142 valence electrons. The summed E-state index contributed by atoms with van der Waals surface area (Å²) >= 11 is 0. The van der Waals surface area contributed by atoms with Gasteiger partial charge in [-0.3, -0.25) is 4.79 Å². The third-order valence-electron chi connectivity index (χ3n) is 5.47. The first-order valence-corrected chi connectivity index (χ1v) is 9.77. The minimum atomic E-state index is 0.0125. The molecular weight excluding hydrogens is 352 g/mol. The van der Waals surface area contributed by atoms with Gasteiger partial charge in [-0.05, 0) is 55.7 Å². The van der Waals surface area contributed by atoms with Crippen LogP contribution in [-0.4, -0.2) is 36.2 Å². The maximum Gasteiger partial charge on any atom is 0.258 e. The van der Waals surface area contributed by atoms with Crippen LogP contribution in [0.1, 0.15) is 41.4 Å². The molecule has 28 heavy (non-hydrogen) atoms. The number of benzene rings is 2. The molecule has 0 atom stereocenters. The highest BCUT2D eigenvalue weighted by Crippen LogP contribution is 2.39. The lowest BCUT2D eigenvalue weighted by Crippen LogP contribution is -2.31. The summed E-state index contributed by atoms with van der Waals surface area (Å²) in [6.45, 7) is 1.64. The van der Waals surface area contributed by atoms with Gasteiger partial charge in [-0.15, -0.1) is 0 Å². The van der Waals surface area contributed by atoms with Crippen molar-refractivity contribution in [2.75, 3.05) is 29.9 Å². The van der Waals surface area contributed by atoms with E-state index < -0.39 is 0 Å². The largest absolute Gasteiger partial charge is 0.373 e. The van der Waals surface area contributed by atoms with E-state index in [1.165, 1.54) is 0 Å². The fourth-order valence-electron chi connectivity index (χ4n) is 3.70. The lowest BCUT2D eigenvalue weighted by atomic mass is 10.1. The summed E-state index contributed by atoms with van der Waals surface area (Å²) in [7, 11) is 2.07. The van der Waals surface area contributed by atoms with Crippen molar-refractivity contribution in [3.8, 4) is 11.5 Å². The lowest BCUT2D eigenvalue weighted by molar-refractivity contribution is 0.0987. The van der Waals surface area contributed by atoms with E-state index >= 15 is 0 Å². The molecule has 2 heterocycles. The van der Waals surface area contributed by atoms with Gasteiger partial charge < -0.3 is 14.3 Å². The van der Waals surface area contributed by atoms with Crippen molar-refractivity contribution in [3.63, 3.8) is 0 Å². The predicted octanol–water partition coefficient (Wildman–Crippen LogP) is 4.10. The molecule has 5 rings (SSSR count). The second kappa shape index (κ2) is 6.78. The van der Waals surface area contributed by atoms with Gasteiger partial charge in [0.05, 0.1) is 11.4 Å². The Labute approximate surface area is 163 Å². The van der Waals surface area contributed by atoms with Crippen molar-refractivity contribution in [1.82, 2.24) is 10.1 Å². The molecule has 0 radical (unpaired) electrons. The molecule has 6 heteroatoms. The van der Waals surface area contributed by atoms with Gasteiger partial charge in [0.2, 0.25) is 0 Å². The van der Waals surface area contributed by atoms with E-state index in [2.05, 4.69) is 28.2 Å². The second-order valence-corrected chi connectivity index (χ2v) is 7.53. The number of carbonyl (C=O) groups is 1. The first kappa shape index (κ1) is 17.0. The topological polar surface area (TPSA) is 62.5 Å². The number of hydrogen-bond donors (Lipinski definition) is 0. The van der Waals surface area contributed by atoms with E-state index in [9.17, 15) is 4.79 Å². The Morgan fingerprint density at radius 1 is 1.04 bits per heavy atom. The molecule has 1 aliphatic carbocycles. The van der Waals surface area contributed by atoms with E-state index in [0.717, 1.165) is 48.6 Å². The highest BCUT2D eigenvalue weighted by molar-refractivity contribution is 6.08. The van der Waals surface area contributed by atoms with Gasteiger partial charge in [-0.2, -0.15) is 4.98 Å². The smallest absolute Gasteiger partial charge is 0.258 e. The van der Waals surface area contributed by atoms with Crippen LogP contribution in [0.3, 0.4) is 0 Å². The predicted molar refractivity (Wildman–Crippen MR) is 108 cm³/mol. The summed E-state index contributed by atoms with van der Waals surface area (Å²) in [6, 6.07) is 15.5. The average Bonchev–Trinajstić information content (AvgIpc) is 3.50. The molecule has 3 aromatic rings. The Morgan fingerprint density at radius 2 is 1.79 bits per heavy atom. The van der Waals surface area contributed by atoms with Gasteiger partial charge in [-0.25, -0.2) is 0 Å².